The highest BCUT2D eigenvalue weighted by Crippen LogP contribution is 2.33. The van der Waals surface area contributed by atoms with E-state index in [1.54, 1.807) is 12.1 Å². The molecule has 4 aromatic rings. The third-order valence-electron chi connectivity index (χ3n) is 7.07. The average molecular weight is 598 g/mol. The van der Waals surface area contributed by atoms with Crippen molar-refractivity contribution in [1.29, 1.82) is 5.26 Å². The lowest BCUT2D eigenvalue weighted by Crippen LogP contribution is -2.35. The number of benzene rings is 4. The lowest BCUT2D eigenvalue weighted by atomic mass is 10.0. The van der Waals surface area contributed by atoms with Gasteiger partial charge < -0.3 is 14.6 Å². The van der Waals surface area contributed by atoms with Crippen molar-refractivity contribution in [3.8, 4) is 28.7 Å². The summed E-state index contributed by atoms with van der Waals surface area (Å²) in [5.74, 6) is 0.488. The second-order valence-electron chi connectivity index (χ2n) is 9.77. The molecule has 6 nitrogen and oxygen atoms in total. The van der Waals surface area contributed by atoms with Gasteiger partial charge in [-0.3, -0.25) is 9.69 Å². The fraction of sp³-hybridized carbons (Fsp3) is 0.212. The Hall–Kier alpha value is -4.12. The predicted octanol–water partition coefficient (Wildman–Crippen LogP) is 7.19. The van der Waals surface area contributed by atoms with Gasteiger partial charge in [0, 0.05) is 28.2 Å². The molecule has 0 radical (unpaired) electrons. The van der Waals surface area contributed by atoms with E-state index in [9.17, 15) is 15.2 Å². The van der Waals surface area contributed by atoms with E-state index in [2.05, 4.69) is 40.2 Å². The summed E-state index contributed by atoms with van der Waals surface area (Å²) in [5, 5.41) is 18.9. The first-order chi connectivity index (χ1) is 19.5. The zero-order chi connectivity index (χ0) is 27.9. The van der Waals surface area contributed by atoms with Crippen LogP contribution in [-0.2, 0) is 24.6 Å². The highest BCUT2D eigenvalue weighted by molar-refractivity contribution is 9.10. The van der Waals surface area contributed by atoms with Crippen LogP contribution in [0.4, 0.5) is 0 Å². The van der Waals surface area contributed by atoms with Gasteiger partial charge in [-0.15, -0.1) is 0 Å². The molecule has 7 heteroatoms. The molecular formula is C33H29BrN2O4. The molecule has 0 unspecified atom stereocenters. The van der Waals surface area contributed by atoms with Crippen LogP contribution < -0.4 is 9.47 Å². The highest BCUT2D eigenvalue weighted by Gasteiger charge is 2.31. The van der Waals surface area contributed by atoms with Gasteiger partial charge in [-0.2, -0.15) is 5.26 Å². The number of hydrogen-bond donors (Lipinski definition) is 1. The molecule has 0 aromatic heterocycles. The Morgan fingerprint density at radius 1 is 0.950 bits per heavy atom. The Kier molecular flexibility index (Phi) is 8.80. The van der Waals surface area contributed by atoms with Crippen LogP contribution in [0.5, 0.6) is 11.5 Å². The summed E-state index contributed by atoms with van der Waals surface area (Å²) in [6.07, 6.45) is 1.50. The summed E-state index contributed by atoms with van der Waals surface area (Å²) in [7, 11) is 0. The lowest BCUT2D eigenvalue weighted by Gasteiger charge is -2.23. The molecule has 1 saturated heterocycles. The minimum Gasteiger partial charge on any atom is -0.489 e. The molecule has 1 aliphatic heterocycles. The molecule has 1 fully saturated rings. The minimum atomic E-state index is -0.795. The lowest BCUT2D eigenvalue weighted by molar-refractivity contribution is -0.142. The topological polar surface area (TPSA) is 82.8 Å². The first-order valence-corrected chi connectivity index (χ1v) is 14.0. The average Bonchev–Trinajstić information content (AvgIpc) is 3.45. The van der Waals surface area contributed by atoms with Gasteiger partial charge in [-0.05, 0) is 70.2 Å². The standard InChI is InChI=1S/C33H29BrN2O4/c34-32-27(11-5-12-29(32)25-9-2-1-3-10-25)22-39-28-15-14-26(20-36-16-6-13-30(36)33(37)38)31(18-28)40-21-24-8-4-7-23(17-24)19-35/h1-5,7-12,14-15,17-18,30H,6,13,16,20-22H2,(H,37,38)/t30-/m0/s1. The van der Waals surface area contributed by atoms with E-state index in [0.717, 1.165) is 45.3 Å². The van der Waals surface area contributed by atoms with E-state index in [-0.39, 0.29) is 6.61 Å². The van der Waals surface area contributed by atoms with Crippen molar-refractivity contribution in [2.75, 3.05) is 6.54 Å². The zero-order valence-corrected chi connectivity index (χ0v) is 23.5. The SMILES string of the molecule is N#Cc1cccc(COc2cc(OCc3cccc(-c4ccccc4)c3Br)ccc2CN2CCC[C@H]2C(=O)O)c1. The number of carbonyl (C=O) groups is 1. The first-order valence-electron chi connectivity index (χ1n) is 13.2. The van der Waals surface area contributed by atoms with Crippen LogP contribution in [0.15, 0.2) is 95.5 Å². The molecule has 0 saturated carbocycles. The Balaban J connectivity index is 1.36. The van der Waals surface area contributed by atoms with Crippen LogP contribution in [0.3, 0.4) is 0 Å². The maximum absolute atomic E-state index is 11.8. The first kappa shape index (κ1) is 27.4. The van der Waals surface area contributed by atoms with Crippen molar-refractivity contribution >= 4 is 21.9 Å². The Labute approximate surface area is 242 Å². The Bertz CT molecular complexity index is 1530. The van der Waals surface area contributed by atoms with Gasteiger partial charge in [0.1, 0.15) is 30.8 Å². The summed E-state index contributed by atoms with van der Waals surface area (Å²) in [6.45, 7) is 1.83. The van der Waals surface area contributed by atoms with Gasteiger partial charge in [-0.25, -0.2) is 0 Å². The van der Waals surface area contributed by atoms with Crippen molar-refractivity contribution in [3.63, 3.8) is 0 Å². The summed E-state index contributed by atoms with van der Waals surface area (Å²) in [5.41, 5.74) is 5.58. The number of rotatable bonds is 10. The molecule has 202 valence electrons. The van der Waals surface area contributed by atoms with Crippen molar-refractivity contribution in [3.05, 3.63) is 118 Å². The fourth-order valence-corrected chi connectivity index (χ4v) is 5.60. The molecule has 1 atom stereocenters. The van der Waals surface area contributed by atoms with Gasteiger partial charge in [0.15, 0.2) is 0 Å². The predicted molar refractivity (Wildman–Crippen MR) is 157 cm³/mol. The quantitative estimate of drug-likeness (QED) is 0.208. The van der Waals surface area contributed by atoms with Crippen molar-refractivity contribution in [2.24, 2.45) is 0 Å². The number of nitrogens with zero attached hydrogens (tertiary/aromatic N) is 2. The number of halogens is 1. The third kappa shape index (κ3) is 6.53. The van der Waals surface area contributed by atoms with Crippen LogP contribution in [0.25, 0.3) is 11.1 Å². The number of carboxylic acid groups (broad SMARTS) is 1. The van der Waals surface area contributed by atoms with Crippen molar-refractivity contribution < 1.29 is 19.4 Å². The van der Waals surface area contributed by atoms with Crippen LogP contribution in [0, 0.1) is 11.3 Å². The molecule has 1 N–H and O–H groups in total. The number of carboxylic acids is 1. The smallest absolute Gasteiger partial charge is 0.320 e. The third-order valence-corrected chi connectivity index (χ3v) is 8.01. The number of ether oxygens (including phenoxy) is 2. The summed E-state index contributed by atoms with van der Waals surface area (Å²) in [4.78, 5) is 13.7. The summed E-state index contributed by atoms with van der Waals surface area (Å²) >= 11 is 3.77. The largest absolute Gasteiger partial charge is 0.489 e. The van der Waals surface area contributed by atoms with E-state index in [1.807, 2.05) is 65.6 Å². The maximum atomic E-state index is 11.8. The normalized spacial score (nSPS) is 14.9. The van der Waals surface area contributed by atoms with E-state index in [4.69, 9.17) is 9.47 Å². The second kappa shape index (κ2) is 12.8. The van der Waals surface area contributed by atoms with E-state index >= 15 is 0 Å². The van der Waals surface area contributed by atoms with Crippen LogP contribution in [-0.4, -0.2) is 28.6 Å². The molecule has 0 spiro atoms. The van der Waals surface area contributed by atoms with Gasteiger partial charge in [0.2, 0.25) is 0 Å². The van der Waals surface area contributed by atoms with E-state index in [0.29, 0.717) is 36.6 Å². The minimum absolute atomic E-state index is 0.277. The van der Waals surface area contributed by atoms with Gasteiger partial charge in [0.25, 0.3) is 0 Å². The molecule has 4 aromatic carbocycles. The van der Waals surface area contributed by atoms with Gasteiger partial charge >= 0.3 is 5.97 Å². The van der Waals surface area contributed by atoms with E-state index < -0.39 is 12.0 Å². The number of nitriles is 1. The molecular weight excluding hydrogens is 568 g/mol. The molecule has 0 bridgehead atoms. The highest BCUT2D eigenvalue weighted by atomic mass is 79.9. The molecule has 0 amide bonds. The molecule has 5 rings (SSSR count). The van der Waals surface area contributed by atoms with Crippen LogP contribution in [0.2, 0.25) is 0 Å². The Morgan fingerprint density at radius 2 is 1.77 bits per heavy atom. The van der Waals surface area contributed by atoms with Crippen LogP contribution >= 0.6 is 15.9 Å². The Morgan fingerprint density at radius 3 is 2.58 bits per heavy atom. The summed E-state index contributed by atoms with van der Waals surface area (Å²) in [6, 6.07) is 31.0. The van der Waals surface area contributed by atoms with Crippen molar-refractivity contribution in [1.82, 2.24) is 4.90 Å². The van der Waals surface area contributed by atoms with Gasteiger partial charge in [0.05, 0.1) is 11.6 Å². The van der Waals surface area contributed by atoms with E-state index in [1.165, 1.54) is 0 Å². The monoisotopic (exact) mass is 596 g/mol. The molecule has 1 aliphatic rings. The molecule has 40 heavy (non-hydrogen) atoms. The number of hydrogen-bond acceptors (Lipinski definition) is 5. The second-order valence-corrected chi connectivity index (χ2v) is 10.6. The number of aliphatic carboxylic acids is 1. The van der Waals surface area contributed by atoms with Crippen LogP contribution in [0.1, 0.15) is 35.1 Å². The number of likely N-dealkylation sites (tertiary alicyclic amines) is 1. The fourth-order valence-electron chi connectivity index (χ4n) is 4.99. The van der Waals surface area contributed by atoms with Crippen molar-refractivity contribution in [2.45, 2.75) is 38.6 Å². The molecule has 1 heterocycles. The summed E-state index contributed by atoms with van der Waals surface area (Å²) < 4.78 is 13.5. The molecule has 0 aliphatic carbocycles. The maximum Gasteiger partial charge on any atom is 0.320 e. The van der Waals surface area contributed by atoms with Gasteiger partial charge in [-0.1, -0.05) is 66.7 Å². The zero-order valence-electron chi connectivity index (χ0n) is 21.9.